The number of aromatic nitrogens is 3. The van der Waals surface area contributed by atoms with Crippen molar-refractivity contribution in [1.29, 1.82) is 0 Å². The molecule has 5 amide bonds. The van der Waals surface area contributed by atoms with Gasteiger partial charge in [0, 0.05) is 62.1 Å². The Morgan fingerprint density at radius 2 is 1.05 bits per heavy atom. The zero-order valence-electron chi connectivity index (χ0n) is 42.2. The first-order valence-corrected chi connectivity index (χ1v) is 24.7. The number of pyridine rings is 1. The van der Waals surface area contributed by atoms with Crippen LogP contribution < -0.4 is 16.4 Å². The monoisotopic (exact) mass is 1030 g/mol. The van der Waals surface area contributed by atoms with Gasteiger partial charge in [-0.1, -0.05) is 13.8 Å². The van der Waals surface area contributed by atoms with Crippen LogP contribution in [0.3, 0.4) is 0 Å². The number of rotatable bonds is 42. The Balaban J connectivity index is 0.853. The summed E-state index contributed by atoms with van der Waals surface area (Å²) in [4.78, 5) is 81.2. The minimum atomic E-state index is -0.499. The molecule has 0 saturated heterocycles. The highest BCUT2D eigenvalue weighted by Crippen LogP contribution is 2.29. The summed E-state index contributed by atoms with van der Waals surface area (Å²) in [5.41, 5.74) is 9.14. The van der Waals surface area contributed by atoms with Gasteiger partial charge in [0.25, 0.3) is 17.7 Å². The van der Waals surface area contributed by atoms with E-state index in [1.807, 2.05) is 18.7 Å². The molecule has 0 aliphatic carbocycles. The first kappa shape index (κ1) is 59.9. The van der Waals surface area contributed by atoms with Crippen molar-refractivity contribution in [2.75, 3.05) is 165 Å². The predicted octanol–water partition coefficient (Wildman–Crippen LogP) is 0.900. The number of nitrogens with two attached hydrogens (primary N) is 1. The number of imide groups is 1. The molecule has 0 atom stereocenters. The number of nitrogens with zero attached hydrogens (tertiary/aromatic N) is 6. The van der Waals surface area contributed by atoms with Crippen molar-refractivity contribution in [3.8, 4) is 11.3 Å². The molecule has 0 radical (unpaired) electrons. The Kier molecular flexibility index (Phi) is 30.5. The highest BCUT2D eigenvalue weighted by Gasteiger charge is 2.25. The second kappa shape index (κ2) is 37.1. The number of fused-ring (bicyclic) bond motifs is 1. The van der Waals surface area contributed by atoms with Gasteiger partial charge in [-0.3, -0.25) is 38.8 Å². The summed E-state index contributed by atoms with van der Waals surface area (Å²) in [5.74, 6) is -1.55. The molecule has 2 aromatic heterocycles. The molecule has 0 unspecified atom stereocenters. The third-order valence-corrected chi connectivity index (χ3v) is 10.2. The number of hydrogen-bond donors (Lipinski definition) is 3. The van der Waals surface area contributed by atoms with E-state index < -0.39 is 17.7 Å². The summed E-state index contributed by atoms with van der Waals surface area (Å²) in [7, 11) is 0. The summed E-state index contributed by atoms with van der Waals surface area (Å²) in [5, 5.41) is 5.36. The van der Waals surface area contributed by atoms with Gasteiger partial charge >= 0.3 is 0 Å². The molecular weight excluding hydrogens is 955 g/mol. The van der Waals surface area contributed by atoms with E-state index in [2.05, 4.69) is 30.6 Å². The van der Waals surface area contributed by atoms with E-state index in [0.717, 1.165) is 29.9 Å². The normalized spacial score (nSPS) is 13.2. The van der Waals surface area contributed by atoms with Crippen molar-refractivity contribution >= 4 is 47.1 Å². The molecule has 73 heavy (non-hydrogen) atoms. The molecule has 4 N–H and O–H groups in total. The van der Waals surface area contributed by atoms with Gasteiger partial charge < -0.3 is 68.6 Å². The van der Waals surface area contributed by atoms with E-state index in [-0.39, 0.29) is 50.2 Å². The number of aliphatic imine (C=N–C) groups is 1. The van der Waals surface area contributed by atoms with Crippen LogP contribution in [0.2, 0.25) is 0 Å². The highest BCUT2D eigenvalue weighted by molar-refractivity contribution is 6.14. The van der Waals surface area contributed by atoms with Crippen LogP contribution >= 0.6 is 0 Å². The van der Waals surface area contributed by atoms with Gasteiger partial charge in [-0.15, -0.1) is 0 Å². The van der Waals surface area contributed by atoms with Gasteiger partial charge in [0.1, 0.15) is 18.1 Å². The van der Waals surface area contributed by atoms with Crippen LogP contribution in [0.4, 0.5) is 5.69 Å². The van der Waals surface area contributed by atoms with E-state index >= 15 is 0 Å². The Morgan fingerprint density at radius 1 is 0.603 bits per heavy atom. The standard InChI is InChI=1S/C49H73N9O15/c1-3-9-57(10-4-2)49(63)38-31-40-41(56-44(50)33-38)32-39(34-53-40)42-35-55-43(36-54-42)48(62)52-8-12-65-14-16-67-18-20-69-22-24-71-26-28-73-30-29-72-27-25-70-23-21-68-19-17-66-15-13-64-11-7-51-45(59)37-58-46(60)5-6-47(58)61/h5-6,31-32,34-36H,3-4,7-30,33,37H2,1-2H3,(H2,50,56)(H,51,59)(H,52,62). The van der Waals surface area contributed by atoms with Crippen molar-refractivity contribution in [3.05, 3.63) is 53.8 Å². The predicted molar refractivity (Wildman–Crippen MR) is 266 cm³/mol. The van der Waals surface area contributed by atoms with E-state index in [0.29, 0.717) is 173 Å². The SMILES string of the molecule is CCCN(CCC)C(=O)C1=Cc2ncc(-c3cnc(C(=O)NCCOCCOCCOCCOCCOCCOCCOCCOCCOCCOCCNC(=O)CN4C(=O)C=CC4=O)cn3)cc2N=C(N)C1. The van der Waals surface area contributed by atoms with Crippen LogP contribution in [0, 0.1) is 0 Å². The largest absolute Gasteiger partial charge is 0.387 e. The van der Waals surface area contributed by atoms with Crippen LogP contribution in [0.15, 0.2) is 47.4 Å². The topological polar surface area (TPSA) is 285 Å². The summed E-state index contributed by atoms with van der Waals surface area (Å²) < 4.78 is 54.9. The average molecular weight is 1030 g/mol. The molecular formula is C49H73N9O15. The Labute approximate surface area is 426 Å². The van der Waals surface area contributed by atoms with Gasteiger partial charge in [0.2, 0.25) is 11.8 Å². The van der Waals surface area contributed by atoms with E-state index in [9.17, 15) is 24.0 Å². The van der Waals surface area contributed by atoms with E-state index in [1.165, 1.54) is 12.4 Å². The van der Waals surface area contributed by atoms with Crippen molar-refractivity contribution < 1.29 is 71.3 Å². The van der Waals surface area contributed by atoms with Crippen LogP contribution in [-0.4, -0.2) is 225 Å². The van der Waals surface area contributed by atoms with Crippen molar-refractivity contribution in [1.82, 2.24) is 35.4 Å². The average Bonchev–Trinajstić information content (AvgIpc) is 3.59. The first-order valence-electron chi connectivity index (χ1n) is 24.7. The van der Waals surface area contributed by atoms with Crippen molar-refractivity contribution in [3.63, 3.8) is 0 Å². The van der Waals surface area contributed by atoms with Gasteiger partial charge in [0.15, 0.2) is 0 Å². The Hall–Kier alpha value is -5.67. The zero-order valence-corrected chi connectivity index (χ0v) is 42.2. The second-order valence-electron chi connectivity index (χ2n) is 16.0. The van der Waals surface area contributed by atoms with Crippen molar-refractivity contribution in [2.45, 2.75) is 33.1 Å². The Morgan fingerprint density at radius 3 is 1.49 bits per heavy atom. The van der Waals surface area contributed by atoms with Gasteiger partial charge in [0.05, 0.1) is 162 Å². The lowest BCUT2D eigenvalue weighted by atomic mass is 10.1. The van der Waals surface area contributed by atoms with Crippen LogP contribution in [0.5, 0.6) is 0 Å². The van der Waals surface area contributed by atoms with Crippen LogP contribution in [-0.2, 0) is 66.5 Å². The molecule has 24 nitrogen and oxygen atoms in total. The molecule has 2 aliphatic heterocycles. The number of hydrogen-bond acceptors (Lipinski definition) is 20. The van der Waals surface area contributed by atoms with Gasteiger partial charge in [-0.2, -0.15) is 0 Å². The first-order chi connectivity index (χ1) is 35.7. The lowest BCUT2D eigenvalue weighted by Crippen LogP contribution is -2.41. The summed E-state index contributed by atoms with van der Waals surface area (Å²) in [6.45, 7) is 13.7. The summed E-state index contributed by atoms with van der Waals surface area (Å²) in [6.07, 6.45) is 10.5. The lowest BCUT2D eigenvalue weighted by molar-refractivity contribution is -0.141. The fraction of sp³-hybridized carbons (Fsp3) is 0.612. The third-order valence-electron chi connectivity index (χ3n) is 10.2. The van der Waals surface area contributed by atoms with Gasteiger partial charge in [-0.25, -0.2) is 9.98 Å². The van der Waals surface area contributed by atoms with Crippen molar-refractivity contribution in [2.24, 2.45) is 10.7 Å². The maximum absolute atomic E-state index is 13.3. The number of carbonyl (C=O) groups excluding carboxylic acids is 5. The van der Waals surface area contributed by atoms with Crippen LogP contribution in [0.25, 0.3) is 17.3 Å². The molecule has 2 aliphatic rings. The molecule has 0 bridgehead atoms. The third kappa shape index (κ3) is 24.7. The molecule has 4 rings (SSSR count). The number of carbonyl (C=O) groups is 5. The summed E-state index contributed by atoms with van der Waals surface area (Å²) in [6, 6.07) is 1.79. The van der Waals surface area contributed by atoms with Gasteiger partial charge in [-0.05, 0) is 25.0 Å². The maximum atomic E-state index is 13.3. The second-order valence-corrected chi connectivity index (χ2v) is 16.0. The molecule has 0 fully saturated rings. The van der Waals surface area contributed by atoms with E-state index in [1.54, 1.807) is 18.3 Å². The number of amides is 5. The molecule has 2 aromatic rings. The van der Waals surface area contributed by atoms with Crippen LogP contribution in [0.1, 0.15) is 49.3 Å². The highest BCUT2D eigenvalue weighted by atomic mass is 16.6. The Bertz CT molecular complexity index is 2030. The molecule has 0 aromatic carbocycles. The molecule has 404 valence electrons. The number of ether oxygens (including phenoxy) is 10. The van der Waals surface area contributed by atoms with E-state index in [4.69, 9.17) is 53.1 Å². The maximum Gasteiger partial charge on any atom is 0.271 e. The molecule has 24 heteroatoms. The minimum absolute atomic E-state index is 0.0589. The fourth-order valence-corrected chi connectivity index (χ4v) is 6.66. The zero-order chi connectivity index (χ0) is 52.1. The fourth-order valence-electron chi connectivity index (χ4n) is 6.66. The summed E-state index contributed by atoms with van der Waals surface area (Å²) >= 11 is 0. The molecule has 0 spiro atoms. The molecule has 4 heterocycles. The minimum Gasteiger partial charge on any atom is -0.387 e. The smallest absolute Gasteiger partial charge is 0.271 e. The molecule has 0 saturated carbocycles. The lowest BCUT2D eigenvalue weighted by Gasteiger charge is -2.22. The number of amidine groups is 1. The number of nitrogens with one attached hydrogen (secondary N) is 2. The quantitative estimate of drug-likeness (QED) is 0.0615.